The van der Waals surface area contributed by atoms with E-state index >= 15 is 0 Å². The summed E-state index contributed by atoms with van der Waals surface area (Å²) in [6, 6.07) is 6.55. The second kappa shape index (κ2) is 7.43. The van der Waals surface area contributed by atoms with Crippen molar-refractivity contribution >= 4 is 11.3 Å². The van der Waals surface area contributed by atoms with Gasteiger partial charge in [-0.05, 0) is 30.0 Å². The molecule has 0 saturated carbocycles. The van der Waals surface area contributed by atoms with Gasteiger partial charge >= 0.3 is 0 Å². The number of rotatable bonds is 5. The first-order valence-corrected chi connectivity index (χ1v) is 9.45. The largest absolute Gasteiger partial charge is 0.338 e. The van der Waals surface area contributed by atoms with Gasteiger partial charge in [0, 0.05) is 55.6 Å². The molecule has 0 amide bonds. The first kappa shape index (κ1) is 16.4. The van der Waals surface area contributed by atoms with Crippen LogP contribution in [0.15, 0.2) is 45.9 Å². The van der Waals surface area contributed by atoms with Crippen LogP contribution >= 0.6 is 11.3 Å². The third-order valence-corrected chi connectivity index (χ3v) is 5.41. The molecule has 0 radical (unpaired) electrons. The van der Waals surface area contributed by atoms with E-state index in [-0.39, 0.29) is 0 Å². The van der Waals surface area contributed by atoms with E-state index in [0.29, 0.717) is 24.3 Å². The second-order valence-corrected chi connectivity index (χ2v) is 7.08. The van der Waals surface area contributed by atoms with Crippen molar-refractivity contribution in [3.8, 4) is 11.4 Å². The average molecular weight is 355 g/mol. The van der Waals surface area contributed by atoms with Crippen LogP contribution < -0.4 is 0 Å². The van der Waals surface area contributed by atoms with Crippen molar-refractivity contribution in [2.45, 2.75) is 19.5 Å². The summed E-state index contributed by atoms with van der Waals surface area (Å²) in [7, 11) is 0. The molecule has 1 atom stereocenters. The highest BCUT2D eigenvalue weighted by Crippen LogP contribution is 2.22. The number of piperazine rings is 1. The minimum absolute atomic E-state index is 0.393. The maximum Gasteiger partial charge on any atom is 0.241 e. The van der Waals surface area contributed by atoms with E-state index in [0.717, 1.165) is 31.7 Å². The van der Waals surface area contributed by atoms with Crippen molar-refractivity contribution in [1.82, 2.24) is 24.9 Å². The minimum Gasteiger partial charge on any atom is -0.338 e. The lowest BCUT2D eigenvalue weighted by Gasteiger charge is -2.37. The highest BCUT2D eigenvalue weighted by atomic mass is 32.1. The number of pyridine rings is 1. The third kappa shape index (κ3) is 3.78. The van der Waals surface area contributed by atoms with Gasteiger partial charge in [0.25, 0.3) is 0 Å². The van der Waals surface area contributed by atoms with Crippen LogP contribution in [0, 0.1) is 0 Å². The summed E-state index contributed by atoms with van der Waals surface area (Å²) in [6.07, 6.45) is 3.78. The van der Waals surface area contributed by atoms with Crippen molar-refractivity contribution < 1.29 is 4.52 Å². The number of aromatic nitrogens is 3. The van der Waals surface area contributed by atoms with E-state index in [1.165, 1.54) is 5.56 Å². The van der Waals surface area contributed by atoms with E-state index in [1.54, 1.807) is 11.3 Å². The first-order chi connectivity index (χ1) is 12.3. The molecule has 0 aliphatic carbocycles. The molecule has 25 heavy (non-hydrogen) atoms. The van der Waals surface area contributed by atoms with E-state index in [9.17, 15) is 0 Å². The van der Waals surface area contributed by atoms with Crippen molar-refractivity contribution in [3.05, 3.63) is 52.8 Å². The molecule has 0 aromatic carbocycles. The van der Waals surface area contributed by atoms with Gasteiger partial charge in [0.1, 0.15) is 0 Å². The highest BCUT2D eigenvalue weighted by molar-refractivity contribution is 7.08. The Balaban J connectivity index is 1.32. The summed E-state index contributed by atoms with van der Waals surface area (Å²) in [5.74, 6) is 1.37. The molecule has 1 aliphatic heterocycles. The summed E-state index contributed by atoms with van der Waals surface area (Å²) >= 11 is 1.64. The zero-order chi connectivity index (χ0) is 17.1. The zero-order valence-corrected chi connectivity index (χ0v) is 15.0. The number of hydrogen-bond acceptors (Lipinski definition) is 7. The highest BCUT2D eigenvalue weighted by Gasteiger charge is 2.23. The molecule has 4 heterocycles. The van der Waals surface area contributed by atoms with Gasteiger partial charge < -0.3 is 4.52 Å². The standard InChI is InChI=1S/C18H21N5OS/c1-14(15-3-2-5-19-11-15)23-8-6-22(7-9-23)12-17-20-18(21-24-17)16-4-10-25-13-16/h2-5,10-11,13-14H,6-9,12H2,1H3. The Labute approximate surface area is 151 Å². The summed E-state index contributed by atoms with van der Waals surface area (Å²) < 4.78 is 5.41. The molecule has 0 N–H and O–H groups in total. The predicted octanol–water partition coefficient (Wildman–Crippen LogP) is 3.07. The fourth-order valence-electron chi connectivity index (χ4n) is 3.16. The minimum atomic E-state index is 0.393. The molecule has 4 rings (SSSR count). The van der Waals surface area contributed by atoms with Crippen molar-refractivity contribution in [3.63, 3.8) is 0 Å². The normalized spacial score (nSPS) is 17.6. The first-order valence-electron chi connectivity index (χ1n) is 8.51. The van der Waals surface area contributed by atoms with Gasteiger partial charge in [-0.2, -0.15) is 16.3 Å². The van der Waals surface area contributed by atoms with Crippen LogP contribution in [0.1, 0.15) is 24.4 Å². The van der Waals surface area contributed by atoms with Gasteiger partial charge in [0.05, 0.1) is 6.54 Å². The Morgan fingerprint density at radius 2 is 2.12 bits per heavy atom. The van der Waals surface area contributed by atoms with Crippen molar-refractivity contribution in [1.29, 1.82) is 0 Å². The number of thiophene rings is 1. The van der Waals surface area contributed by atoms with Crippen LogP contribution in [-0.2, 0) is 6.54 Å². The lowest BCUT2D eigenvalue weighted by atomic mass is 10.1. The van der Waals surface area contributed by atoms with Crippen LogP contribution in [0.3, 0.4) is 0 Å². The Bertz CT molecular complexity index is 781. The molecule has 3 aromatic heterocycles. The summed E-state index contributed by atoms with van der Waals surface area (Å²) in [6.45, 7) is 7.02. The molecule has 0 bridgehead atoms. The molecule has 130 valence electrons. The maximum absolute atomic E-state index is 5.41. The van der Waals surface area contributed by atoms with E-state index in [1.807, 2.05) is 35.3 Å². The number of nitrogens with zero attached hydrogens (tertiary/aromatic N) is 5. The van der Waals surface area contributed by atoms with Gasteiger partial charge in [-0.15, -0.1) is 0 Å². The van der Waals surface area contributed by atoms with E-state index < -0.39 is 0 Å². The summed E-state index contributed by atoms with van der Waals surface area (Å²) in [4.78, 5) is 13.6. The second-order valence-electron chi connectivity index (χ2n) is 6.30. The molecule has 1 fully saturated rings. The predicted molar refractivity (Wildman–Crippen MR) is 97.1 cm³/mol. The van der Waals surface area contributed by atoms with Crippen LogP contribution in [0.2, 0.25) is 0 Å². The van der Waals surface area contributed by atoms with Crippen molar-refractivity contribution in [2.24, 2.45) is 0 Å². The average Bonchev–Trinajstić information content (AvgIpc) is 3.34. The quantitative estimate of drug-likeness (QED) is 0.701. The van der Waals surface area contributed by atoms with Gasteiger partial charge in [0.2, 0.25) is 11.7 Å². The fraction of sp³-hybridized carbons (Fsp3) is 0.389. The van der Waals surface area contributed by atoms with Gasteiger partial charge in [-0.1, -0.05) is 11.2 Å². The molecule has 1 aliphatic rings. The van der Waals surface area contributed by atoms with Gasteiger partial charge in [-0.3, -0.25) is 14.8 Å². The maximum atomic E-state index is 5.41. The Kier molecular flexibility index (Phi) is 4.87. The molecule has 1 unspecified atom stereocenters. The molecule has 6 nitrogen and oxygen atoms in total. The Morgan fingerprint density at radius 3 is 2.84 bits per heavy atom. The van der Waals surface area contributed by atoms with Crippen LogP contribution in [0.4, 0.5) is 0 Å². The zero-order valence-electron chi connectivity index (χ0n) is 14.2. The van der Waals surface area contributed by atoms with Gasteiger partial charge in [-0.25, -0.2) is 0 Å². The van der Waals surface area contributed by atoms with Crippen LogP contribution in [0.5, 0.6) is 0 Å². The molecule has 0 spiro atoms. The lowest BCUT2D eigenvalue weighted by Crippen LogP contribution is -2.46. The van der Waals surface area contributed by atoms with Crippen molar-refractivity contribution in [2.75, 3.05) is 26.2 Å². The Hall–Kier alpha value is -2.09. The number of hydrogen-bond donors (Lipinski definition) is 0. The molecular weight excluding hydrogens is 334 g/mol. The smallest absolute Gasteiger partial charge is 0.241 e. The third-order valence-electron chi connectivity index (χ3n) is 4.73. The molecule has 1 saturated heterocycles. The SMILES string of the molecule is CC(c1cccnc1)N1CCN(Cc2nc(-c3ccsc3)no2)CC1. The topological polar surface area (TPSA) is 58.3 Å². The van der Waals surface area contributed by atoms with Crippen LogP contribution in [-0.4, -0.2) is 51.1 Å². The molecule has 7 heteroatoms. The molecular formula is C18H21N5OS. The summed E-state index contributed by atoms with van der Waals surface area (Å²) in [5.41, 5.74) is 2.29. The summed E-state index contributed by atoms with van der Waals surface area (Å²) in [5, 5.41) is 8.14. The fourth-order valence-corrected chi connectivity index (χ4v) is 3.80. The lowest BCUT2D eigenvalue weighted by molar-refractivity contribution is 0.0904. The van der Waals surface area contributed by atoms with E-state index in [2.05, 4.69) is 37.9 Å². The van der Waals surface area contributed by atoms with Gasteiger partial charge in [0.15, 0.2) is 0 Å². The van der Waals surface area contributed by atoms with E-state index in [4.69, 9.17) is 4.52 Å². The molecule has 3 aromatic rings. The monoisotopic (exact) mass is 355 g/mol. The van der Waals surface area contributed by atoms with Crippen LogP contribution in [0.25, 0.3) is 11.4 Å². The Morgan fingerprint density at radius 1 is 1.24 bits per heavy atom.